The summed E-state index contributed by atoms with van der Waals surface area (Å²) < 4.78 is 3.97. The normalized spacial score (nSPS) is 11.4. The minimum atomic E-state index is -0.127. The topological polar surface area (TPSA) is 51.3 Å². The fourth-order valence-corrected chi connectivity index (χ4v) is 2.53. The zero-order chi connectivity index (χ0) is 15.5. The number of carbonyl (C=O) groups is 1. The Balaban J connectivity index is 1.69. The van der Waals surface area contributed by atoms with Gasteiger partial charge in [0.15, 0.2) is 0 Å². The first kappa shape index (κ1) is 14.1. The fraction of sp³-hybridized carbons (Fsp3) is 0.176. The van der Waals surface area contributed by atoms with E-state index >= 15 is 0 Å². The van der Waals surface area contributed by atoms with Gasteiger partial charge in [-0.3, -0.25) is 4.79 Å². The van der Waals surface area contributed by atoms with Gasteiger partial charge in [-0.2, -0.15) is 5.10 Å². The summed E-state index contributed by atoms with van der Waals surface area (Å²) in [6, 6.07) is 11.9. The van der Waals surface area contributed by atoms with Crippen molar-refractivity contribution < 1.29 is 4.79 Å². The van der Waals surface area contributed by atoms with Crippen molar-refractivity contribution in [3.63, 3.8) is 0 Å². The first-order valence-corrected chi connectivity index (χ1v) is 7.11. The molecule has 1 N–H and O–H groups in total. The van der Waals surface area contributed by atoms with E-state index in [9.17, 15) is 4.79 Å². The average Bonchev–Trinajstić information content (AvgIpc) is 3.04. The number of benzene rings is 1. The Labute approximate surface area is 128 Å². The van der Waals surface area contributed by atoms with E-state index in [0.717, 1.165) is 22.2 Å². The summed E-state index contributed by atoms with van der Waals surface area (Å²) in [6.45, 7) is 0. The van der Waals surface area contributed by atoms with Crippen molar-refractivity contribution in [2.24, 2.45) is 19.2 Å². The molecule has 0 aliphatic heterocycles. The van der Waals surface area contributed by atoms with Gasteiger partial charge in [-0.1, -0.05) is 18.2 Å². The molecule has 0 saturated heterocycles. The van der Waals surface area contributed by atoms with Gasteiger partial charge in [0.2, 0.25) is 5.91 Å². The van der Waals surface area contributed by atoms with Crippen LogP contribution in [0.15, 0.2) is 53.9 Å². The molecule has 2 heterocycles. The molecule has 112 valence electrons. The Morgan fingerprint density at radius 3 is 2.77 bits per heavy atom. The second-order valence-corrected chi connectivity index (χ2v) is 5.29. The van der Waals surface area contributed by atoms with Crippen LogP contribution < -0.4 is 5.43 Å². The predicted molar refractivity (Wildman–Crippen MR) is 87.8 cm³/mol. The van der Waals surface area contributed by atoms with Gasteiger partial charge in [0.05, 0.1) is 12.6 Å². The van der Waals surface area contributed by atoms with Crippen LogP contribution >= 0.6 is 0 Å². The average molecular weight is 294 g/mol. The van der Waals surface area contributed by atoms with Crippen molar-refractivity contribution in [3.05, 3.63) is 60.0 Å². The number of aryl methyl sites for hydroxylation is 2. The molecule has 1 amide bonds. The number of hydrogen-bond donors (Lipinski definition) is 1. The minimum absolute atomic E-state index is 0.127. The monoisotopic (exact) mass is 294 g/mol. The maximum absolute atomic E-state index is 11.9. The van der Waals surface area contributed by atoms with Crippen LogP contribution in [0.1, 0.15) is 11.3 Å². The largest absolute Gasteiger partial charge is 0.354 e. The van der Waals surface area contributed by atoms with Crippen molar-refractivity contribution >= 4 is 23.0 Å². The lowest BCUT2D eigenvalue weighted by Gasteiger charge is -2.01. The van der Waals surface area contributed by atoms with E-state index in [4.69, 9.17) is 0 Å². The lowest BCUT2D eigenvalue weighted by Crippen LogP contribution is -2.20. The number of aromatic nitrogens is 2. The van der Waals surface area contributed by atoms with Crippen molar-refractivity contribution in [1.29, 1.82) is 0 Å². The van der Waals surface area contributed by atoms with Crippen LogP contribution in [0.4, 0.5) is 0 Å². The first-order chi connectivity index (χ1) is 10.6. The van der Waals surface area contributed by atoms with Crippen molar-refractivity contribution in [1.82, 2.24) is 14.6 Å². The molecule has 5 nitrogen and oxygen atoms in total. The Hall–Kier alpha value is -2.82. The molecular formula is C17H18N4O. The Kier molecular flexibility index (Phi) is 3.78. The molecule has 2 aromatic heterocycles. The van der Waals surface area contributed by atoms with Crippen LogP contribution in [0.5, 0.6) is 0 Å². The van der Waals surface area contributed by atoms with Crippen LogP contribution in [0.25, 0.3) is 10.9 Å². The summed E-state index contributed by atoms with van der Waals surface area (Å²) in [4.78, 5) is 11.9. The van der Waals surface area contributed by atoms with Gasteiger partial charge in [0, 0.05) is 48.6 Å². The summed E-state index contributed by atoms with van der Waals surface area (Å²) in [5.74, 6) is -0.127. The van der Waals surface area contributed by atoms with Crippen molar-refractivity contribution in [2.75, 3.05) is 0 Å². The first-order valence-electron chi connectivity index (χ1n) is 7.11. The van der Waals surface area contributed by atoms with E-state index in [1.165, 1.54) is 0 Å². The number of nitrogens with one attached hydrogen (secondary N) is 1. The Morgan fingerprint density at radius 1 is 1.18 bits per heavy atom. The standard InChI is InChI=1S/C17H18N4O/c1-20-9-5-6-14(20)10-17(22)19-18-11-13-12-21(2)16-8-4-3-7-15(13)16/h3-9,11-12H,10H2,1-2H3,(H,19,22)/b18-11-. The van der Waals surface area contributed by atoms with E-state index in [2.05, 4.69) is 16.6 Å². The van der Waals surface area contributed by atoms with Gasteiger partial charge >= 0.3 is 0 Å². The van der Waals surface area contributed by atoms with Gasteiger partial charge in [-0.15, -0.1) is 0 Å². The summed E-state index contributed by atoms with van der Waals surface area (Å²) in [6.07, 6.45) is 5.92. The number of nitrogens with zero attached hydrogens (tertiary/aromatic N) is 3. The molecule has 22 heavy (non-hydrogen) atoms. The van der Waals surface area contributed by atoms with E-state index in [0.29, 0.717) is 6.42 Å². The van der Waals surface area contributed by atoms with Gasteiger partial charge in [-0.05, 0) is 18.2 Å². The van der Waals surface area contributed by atoms with Gasteiger partial charge < -0.3 is 9.13 Å². The molecule has 0 saturated carbocycles. The number of hydrazone groups is 1. The molecular weight excluding hydrogens is 276 g/mol. The summed E-state index contributed by atoms with van der Waals surface area (Å²) >= 11 is 0. The smallest absolute Gasteiger partial charge is 0.245 e. The Morgan fingerprint density at radius 2 is 2.00 bits per heavy atom. The van der Waals surface area contributed by atoms with Gasteiger partial charge in [-0.25, -0.2) is 5.43 Å². The molecule has 0 fully saturated rings. The van der Waals surface area contributed by atoms with Crippen LogP contribution in [-0.2, 0) is 25.3 Å². The summed E-state index contributed by atoms with van der Waals surface area (Å²) in [5, 5.41) is 5.18. The van der Waals surface area contributed by atoms with Crippen molar-refractivity contribution in [2.45, 2.75) is 6.42 Å². The molecule has 0 unspecified atom stereocenters. The van der Waals surface area contributed by atoms with Crippen LogP contribution in [0, 0.1) is 0 Å². The second kappa shape index (κ2) is 5.89. The third kappa shape index (κ3) is 2.79. The molecule has 0 aliphatic carbocycles. The molecule has 0 spiro atoms. The number of para-hydroxylation sites is 1. The highest BCUT2D eigenvalue weighted by Gasteiger charge is 2.05. The van der Waals surface area contributed by atoms with Gasteiger partial charge in [0.25, 0.3) is 0 Å². The molecule has 0 bridgehead atoms. The Bertz CT molecular complexity index is 841. The third-order valence-corrected chi connectivity index (χ3v) is 3.71. The third-order valence-electron chi connectivity index (χ3n) is 3.71. The van der Waals surface area contributed by atoms with Crippen LogP contribution in [0.3, 0.4) is 0 Å². The minimum Gasteiger partial charge on any atom is -0.354 e. The highest BCUT2D eigenvalue weighted by molar-refractivity contribution is 5.99. The molecule has 3 rings (SSSR count). The fourth-order valence-electron chi connectivity index (χ4n) is 2.53. The summed E-state index contributed by atoms with van der Waals surface area (Å²) in [7, 11) is 3.91. The molecule has 0 aliphatic rings. The highest BCUT2D eigenvalue weighted by Crippen LogP contribution is 2.18. The van der Waals surface area contributed by atoms with Crippen LogP contribution in [-0.4, -0.2) is 21.3 Å². The van der Waals surface area contributed by atoms with E-state index in [1.807, 2.05) is 66.0 Å². The highest BCUT2D eigenvalue weighted by atomic mass is 16.2. The lowest BCUT2D eigenvalue weighted by molar-refractivity contribution is -0.120. The van der Waals surface area contributed by atoms with E-state index < -0.39 is 0 Å². The van der Waals surface area contributed by atoms with Crippen molar-refractivity contribution in [3.8, 4) is 0 Å². The quantitative estimate of drug-likeness (QED) is 0.582. The second-order valence-electron chi connectivity index (χ2n) is 5.29. The molecule has 3 aromatic rings. The van der Waals surface area contributed by atoms with Gasteiger partial charge in [0.1, 0.15) is 0 Å². The number of rotatable bonds is 4. The number of hydrogen-bond acceptors (Lipinski definition) is 2. The molecule has 0 radical (unpaired) electrons. The lowest BCUT2D eigenvalue weighted by atomic mass is 10.2. The number of amides is 1. The molecule has 5 heteroatoms. The van der Waals surface area contributed by atoms with E-state index in [-0.39, 0.29) is 5.91 Å². The van der Waals surface area contributed by atoms with Crippen LogP contribution in [0.2, 0.25) is 0 Å². The maximum Gasteiger partial charge on any atom is 0.245 e. The number of fused-ring (bicyclic) bond motifs is 1. The molecule has 0 atom stereocenters. The number of carbonyl (C=O) groups excluding carboxylic acids is 1. The predicted octanol–water partition coefficient (Wildman–Crippen LogP) is 2.21. The molecule has 1 aromatic carbocycles. The summed E-state index contributed by atoms with van der Waals surface area (Å²) in [5.41, 5.74) is 5.66. The zero-order valence-corrected chi connectivity index (χ0v) is 12.7. The van der Waals surface area contributed by atoms with E-state index in [1.54, 1.807) is 6.21 Å². The zero-order valence-electron chi connectivity index (χ0n) is 12.7. The SMILES string of the molecule is Cn1cccc1CC(=O)N/N=C\c1cn(C)c2ccccc12. The maximum atomic E-state index is 11.9.